The lowest BCUT2D eigenvalue weighted by atomic mass is 9.96. The number of pyridine rings is 1. The number of hydrogen-bond acceptors (Lipinski definition) is 4. The van der Waals surface area contributed by atoms with E-state index in [2.05, 4.69) is 55.8 Å². The molecule has 3 N–H and O–H groups in total. The molecule has 1 atom stereocenters. The van der Waals surface area contributed by atoms with Gasteiger partial charge in [-0.1, -0.05) is 94.8 Å². The number of carbonyl (C=O) groups is 1. The van der Waals surface area contributed by atoms with Crippen molar-refractivity contribution >= 4 is 43.5 Å². The lowest BCUT2D eigenvalue weighted by molar-refractivity contribution is -0.120. The second-order valence-corrected chi connectivity index (χ2v) is 9.20. The van der Waals surface area contributed by atoms with Crippen molar-refractivity contribution in [1.82, 2.24) is 15.6 Å². The van der Waals surface area contributed by atoms with Crippen molar-refractivity contribution in [3.05, 3.63) is 118 Å². The number of nitrogens with one attached hydrogen (secondary N) is 2. The Morgan fingerprint density at radius 2 is 1.66 bits per heavy atom. The van der Waals surface area contributed by atoms with Gasteiger partial charge in [0.25, 0.3) is 0 Å². The lowest BCUT2D eigenvalue weighted by Crippen LogP contribution is -2.36. The van der Waals surface area contributed by atoms with E-state index in [1.807, 2.05) is 66.7 Å². The smallest absolute Gasteiger partial charge is 0.234 e. The molecule has 5 rings (SSSR count). The van der Waals surface area contributed by atoms with E-state index in [9.17, 15) is 9.90 Å². The van der Waals surface area contributed by atoms with Crippen LogP contribution in [-0.4, -0.2) is 22.5 Å². The molecule has 1 aromatic heterocycles. The molecule has 6 heteroatoms. The van der Waals surface area contributed by atoms with Crippen LogP contribution in [0, 0.1) is 0 Å². The summed E-state index contributed by atoms with van der Waals surface area (Å²) < 4.78 is 0.803. The van der Waals surface area contributed by atoms with Crippen molar-refractivity contribution in [3.63, 3.8) is 0 Å². The van der Waals surface area contributed by atoms with Crippen molar-refractivity contribution in [1.29, 1.82) is 0 Å². The Bertz CT molecular complexity index is 1500. The van der Waals surface area contributed by atoms with Gasteiger partial charge in [-0.2, -0.15) is 0 Å². The number of aromatic hydroxyl groups is 1. The number of phenols is 1. The Morgan fingerprint density at radius 3 is 2.51 bits per heavy atom. The van der Waals surface area contributed by atoms with Crippen molar-refractivity contribution in [2.75, 3.05) is 6.54 Å². The lowest BCUT2D eigenvalue weighted by Gasteiger charge is -2.22. The molecular weight excluding hydrogens is 502 g/mol. The summed E-state index contributed by atoms with van der Waals surface area (Å²) in [5.74, 6) is -0.114. The summed E-state index contributed by atoms with van der Waals surface area (Å²) in [6, 6.07) is 29.0. The average molecular weight is 526 g/mol. The summed E-state index contributed by atoms with van der Waals surface area (Å²) in [5, 5.41) is 20.6. The van der Waals surface area contributed by atoms with Crippen LogP contribution in [0.3, 0.4) is 0 Å². The van der Waals surface area contributed by atoms with Crippen LogP contribution in [0.4, 0.5) is 0 Å². The number of fused-ring (bicyclic) bond motifs is 2. The molecule has 35 heavy (non-hydrogen) atoms. The Kier molecular flexibility index (Phi) is 6.75. The highest BCUT2D eigenvalue weighted by Gasteiger charge is 2.23. The van der Waals surface area contributed by atoms with Gasteiger partial charge in [0.2, 0.25) is 5.91 Å². The molecule has 0 fully saturated rings. The predicted molar refractivity (Wildman–Crippen MR) is 143 cm³/mol. The van der Waals surface area contributed by atoms with Gasteiger partial charge >= 0.3 is 0 Å². The summed E-state index contributed by atoms with van der Waals surface area (Å²) in [5.41, 5.74) is 3.07. The second-order valence-electron chi connectivity index (χ2n) is 8.35. The van der Waals surface area contributed by atoms with E-state index in [1.54, 1.807) is 6.20 Å². The summed E-state index contributed by atoms with van der Waals surface area (Å²) in [6.45, 7) is 0.710. The van der Waals surface area contributed by atoms with Crippen LogP contribution in [0.25, 0.3) is 21.7 Å². The first kappa shape index (κ1) is 23.0. The highest BCUT2D eigenvalue weighted by Crippen LogP contribution is 2.38. The third-order valence-electron chi connectivity index (χ3n) is 6.08. The maximum absolute atomic E-state index is 13.0. The molecule has 1 amide bonds. The molecule has 1 unspecified atom stereocenters. The first-order chi connectivity index (χ1) is 17.1. The SMILES string of the molecule is O=C(CNCc1cccc2ccccc12)NC(c1ccccc1)c1cc(Br)c2cccnc2c1O. The molecule has 0 aliphatic carbocycles. The molecule has 0 bridgehead atoms. The van der Waals surface area contributed by atoms with Crippen molar-refractivity contribution in [2.24, 2.45) is 0 Å². The van der Waals surface area contributed by atoms with Crippen LogP contribution < -0.4 is 10.6 Å². The molecule has 174 valence electrons. The molecule has 5 nitrogen and oxygen atoms in total. The molecule has 0 aliphatic rings. The van der Waals surface area contributed by atoms with Crippen molar-refractivity contribution in [3.8, 4) is 5.75 Å². The summed E-state index contributed by atoms with van der Waals surface area (Å²) in [4.78, 5) is 17.4. The number of phenolic OH excluding ortho intramolecular Hbond substituents is 1. The van der Waals surface area contributed by atoms with Crippen LogP contribution in [0.1, 0.15) is 22.7 Å². The molecule has 0 radical (unpaired) electrons. The van der Waals surface area contributed by atoms with E-state index >= 15 is 0 Å². The van der Waals surface area contributed by atoms with E-state index in [-0.39, 0.29) is 18.2 Å². The van der Waals surface area contributed by atoms with E-state index in [0.717, 1.165) is 21.0 Å². The van der Waals surface area contributed by atoms with E-state index in [4.69, 9.17) is 0 Å². The zero-order valence-corrected chi connectivity index (χ0v) is 20.5. The Labute approximate surface area is 212 Å². The molecule has 0 aliphatic heterocycles. The number of halogens is 1. The van der Waals surface area contributed by atoms with Gasteiger partial charge < -0.3 is 15.7 Å². The number of benzene rings is 4. The minimum atomic E-state index is -0.536. The van der Waals surface area contributed by atoms with Gasteiger partial charge in [0.05, 0.1) is 12.6 Å². The quantitative estimate of drug-likeness (QED) is 0.249. The van der Waals surface area contributed by atoms with Crippen molar-refractivity contribution in [2.45, 2.75) is 12.6 Å². The van der Waals surface area contributed by atoms with Crippen LogP contribution in [-0.2, 0) is 11.3 Å². The van der Waals surface area contributed by atoms with Gasteiger partial charge in [0, 0.05) is 28.2 Å². The number of amides is 1. The highest BCUT2D eigenvalue weighted by atomic mass is 79.9. The van der Waals surface area contributed by atoms with Gasteiger partial charge in [-0.25, -0.2) is 0 Å². The fourth-order valence-electron chi connectivity index (χ4n) is 4.38. The molecule has 0 saturated carbocycles. The maximum Gasteiger partial charge on any atom is 0.234 e. The zero-order chi connectivity index (χ0) is 24.2. The summed E-state index contributed by atoms with van der Waals surface area (Å²) in [6.07, 6.45) is 1.64. The molecule has 0 saturated heterocycles. The Hall–Kier alpha value is -3.74. The Morgan fingerprint density at radius 1 is 0.914 bits per heavy atom. The van der Waals surface area contributed by atoms with Crippen LogP contribution in [0.2, 0.25) is 0 Å². The van der Waals surface area contributed by atoms with E-state index in [1.165, 1.54) is 10.8 Å². The maximum atomic E-state index is 13.0. The van der Waals surface area contributed by atoms with Crippen LogP contribution in [0.5, 0.6) is 5.75 Å². The molecule has 4 aromatic carbocycles. The van der Waals surface area contributed by atoms with E-state index < -0.39 is 6.04 Å². The molecule has 1 heterocycles. The average Bonchev–Trinajstić information content (AvgIpc) is 2.90. The van der Waals surface area contributed by atoms with E-state index in [0.29, 0.717) is 17.6 Å². The summed E-state index contributed by atoms with van der Waals surface area (Å²) in [7, 11) is 0. The molecule has 5 aromatic rings. The number of aromatic nitrogens is 1. The van der Waals surface area contributed by atoms with Crippen molar-refractivity contribution < 1.29 is 9.90 Å². The van der Waals surface area contributed by atoms with Gasteiger partial charge in [-0.3, -0.25) is 9.78 Å². The monoisotopic (exact) mass is 525 g/mol. The number of nitrogens with zero attached hydrogens (tertiary/aromatic N) is 1. The van der Waals surface area contributed by atoms with Crippen LogP contribution >= 0.6 is 15.9 Å². The minimum Gasteiger partial charge on any atom is -0.505 e. The highest BCUT2D eigenvalue weighted by molar-refractivity contribution is 9.10. The molecular formula is C29H24BrN3O2. The van der Waals surface area contributed by atoms with Gasteiger partial charge in [-0.05, 0) is 34.0 Å². The number of rotatable bonds is 7. The molecule has 0 spiro atoms. The summed E-state index contributed by atoms with van der Waals surface area (Å²) >= 11 is 3.60. The fourth-order valence-corrected chi connectivity index (χ4v) is 4.95. The van der Waals surface area contributed by atoms with Gasteiger partial charge in [0.1, 0.15) is 11.3 Å². The first-order valence-electron chi connectivity index (χ1n) is 11.4. The zero-order valence-electron chi connectivity index (χ0n) is 18.9. The fraction of sp³-hybridized carbons (Fsp3) is 0.103. The first-order valence-corrected chi connectivity index (χ1v) is 12.2. The topological polar surface area (TPSA) is 74.2 Å². The third kappa shape index (κ3) is 4.90. The minimum absolute atomic E-state index is 0.0571. The number of hydrogen-bond donors (Lipinski definition) is 3. The van der Waals surface area contributed by atoms with Gasteiger partial charge in [-0.15, -0.1) is 0 Å². The largest absolute Gasteiger partial charge is 0.505 e. The second kappa shape index (κ2) is 10.3. The predicted octanol–water partition coefficient (Wildman–Crippen LogP) is 5.85. The normalized spacial score (nSPS) is 12.0. The number of carbonyl (C=O) groups excluding carboxylic acids is 1. The van der Waals surface area contributed by atoms with Gasteiger partial charge in [0.15, 0.2) is 0 Å². The standard InChI is InChI=1S/C29H24BrN3O2/c30-25-16-24(29(35)28-23(25)14-7-15-32-28)27(20-9-2-1-3-10-20)33-26(34)18-31-17-21-12-6-11-19-8-4-5-13-22(19)21/h1-16,27,31,35H,17-18H2,(H,33,34). The van der Waals surface area contributed by atoms with Crippen LogP contribution in [0.15, 0.2) is 102 Å². The Balaban J connectivity index is 1.38. The third-order valence-corrected chi connectivity index (χ3v) is 6.73.